The second-order valence-corrected chi connectivity index (χ2v) is 13.0. The Bertz CT molecular complexity index is 742. The molecule has 1 aliphatic heterocycles. The van der Waals surface area contributed by atoms with Crippen molar-refractivity contribution >= 4 is 5.97 Å². The summed E-state index contributed by atoms with van der Waals surface area (Å²) in [6.07, 6.45) is 3.59. The minimum absolute atomic E-state index is 0.00386. The fraction of sp³-hybridized carbons (Fsp3) is 0.964. The summed E-state index contributed by atoms with van der Waals surface area (Å²) in [6, 6.07) is 0. The van der Waals surface area contributed by atoms with Crippen LogP contribution in [0.1, 0.15) is 86.0 Å². The molecule has 0 aromatic heterocycles. The van der Waals surface area contributed by atoms with Gasteiger partial charge >= 0.3 is 5.97 Å². The molecule has 0 amide bonds. The average molecular weight is 481 g/mol. The largest absolute Gasteiger partial charge is 0.465 e. The number of ether oxygens (including phenoxy) is 1. The maximum Gasteiger partial charge on any atom is 0.309 e. The summed E-state index contributed by atoms with van der Waals surface area (Å²) in [5, 5.41) is 42.8. The van der Waals surface area contributed by atoms with Gasteiger partial charge in [0.05, 0.1) is 36.9 Å². The van der Waals surface area contributed by atoms with E-state index in [-0.39, 0.29) is 52.8 Å². The summed E-state index contributed by atoms with van der Waals surface area (Å²) in [7, 11) is 0. The zero-order valence-corrected chi connectivity index (χ0v) is 21.8. The van der Waals surface area contributed by atoms with Crippen LogP contribution >= 0.6 is 0 Å². The smallest absolute Gasteiger partial charge is 0.309 e. The third kappa shape index (κ3) is 4.14. The highest BCUT2D eigenvalue weighted by molar-refractivity contribution is 5.74. The van der Waals surface area contributed by atoms with Crippen LogP contribution in [0.25, 0.3) is 0 Å². The van der Waals surface area contributed by atoms with Gasteiger partial charge in [-0.25, -0.2) is 0 Å². The van der Waals surface area contributed by atoms with Gasteiger partial charge in [-0.05, 0) is 91.3 Å². The number of cyclic esters (lactones) is 1. The first-order valence-electron chi connectivity index (χ1n) is 13.8. The highest BCUT2D eigenvalue weighted by Gasteiger charge is 2.63. The van der Waals surface area contributed by atoms with Crippen LogP contribution in [0, 0.1) is 52.3 Å². The van der Waals surface area contributed by atoms with Crippen molar-refractivity contribution in [1.82, 2.24) is 0 Å². The van der Waals surface area contributed by atoms with Crippen LogP contribution in [0.4, 0.5) is 0 Å². The molecule has 0 radical (unpaired) electrons. The molecule has 4 unspecified atom stereocenters. The molecule has 3 aliphatic carbocycles. The predicted octanol–water partition coefficient (Wildman–Crippen LogP) is 3.53. The summed E-state index contributed by atoms with van der Waals surface area (Å²) >= 11 is 0. The number of carbonyl (C=O) groups is 1. The van der Waals surface area contributed by atoms with E-state index < -0.39 is 24.4 Å². The molecule has 0 aromatic carbocycles. The topological polar surface area (TPSA) is 107 Å². The third-order valence-electron chi connectivity index (χ3n) is 11.3. The van der Waals surface area contributed by atoms with E-state index in [0.29, 0.717) is 24.9 Å². The molecule has 1 heterocycles. The number of aliphatic hydroxyl groups excluding tert-OH is 4. The lowest BCUT2D eigenvalue weighted by atomic mass is 9.48. The van der Waals surface area contributed by atoms with Crippen molar-refractivity contribution in [3.63, 3.8) is 0 Å². The Kier molecular flexibility index (Phi) is 7.48. The van der Waals surface area contributed by atoms with Crippen molar-refractivity contribution in [3.8, 4) is 0 Å². The minimum Gasteiger partial charge on any atom is -0.465 e. The Morgan fingerprint density at radius 1 is 1.00 bits per heavy atom. The molecule has 196 valence electrons. The van der Waals surface area contributed by atoms with Crippen molar-refractivity contribution in [2.24, 2.45) is 52.3 Å². The quantitative estimate of drug-likeness (QED) is 0.433. The van der Waals surface area contributed by atoms with Crippen LogP contribution in [0.5, 0.6) is 0 Å². The summed E-state index contributed by atoms with van der Waals surface area (Å²) in [4.78, 5) is 13.0. The maximum absolute atomic E-state index is 13.0. The van der Waals surface area contributed by atoms with Gasteiger partial charge in [-0.15, -0.1) is 0 Å². The Morgan fingerprint density at radius 2 is 1.68 bits per heavy atom. The van der Waals surface area contributed by atoms with Gasteiger partial charge in [0.1, 0.15) is 0 Å². The van der Waals surface area contributed by atoms with Crippen LogP contribution in [0.15, 0.2) is 0 Å². The van der Waals surface area contributed by atoms with E-state index in [0.717, 1.165) is 38.5 Å². The molecule has 4 aliphatic rings. The van der Waals surface area contributed by atoms with Gasteiger partial charge in [0, 0.05) is 0 Å². The predicted molar refractivity (Wildman–Crippen MR) is 130 cm³/mol. The molecule has 3 saturated carbocycles. The Balaban J connectivity index is 1.56. The Morgan fingerprint density at radius 3 is 2.35 bits per heavy atom. The van der Waals surface area contributed by atoms with Crippen LogP contribution in [-0.2, 0) is 9.53 Å². The van der Waals surface area contributed by atoms with Gasteiger partial charge in [-0.2, -0.15) is 0 Å². The first-order chi connectivity index (χ1) is 16.0. The van der Waals surface area contributed by atoms with Crippen molar-refractivity contribution < 1.29 is 30.0 Å². The highest BCUT2D eigenvalue weighted by Crippen LogP contribution is 2.66. The first kappa shape index (κ1) is 26.4. The number of hydrogen-bond acceptors (Lipinski definition) is 6. The van der Waals surface area contributed by atoms with E-state index in [1.807, 2.05) is 6.92 Å². The number of aliphatic hydroxyl groups is 4. The molecule has 6 heteroatoms. The van der Waals surface area contributed by atoms with Crippen LogP contribution in [0.3, 0.4) is 0 Å². The molecule has 6 nitrogen and oxygen atoms in total. The molecule has 0 bridgehead atoms. The number of hydrogen-bond donors (Lipinski definition) is 4. The Hall–Kier alpha value is -0.690. The summed E-state index contributed by atoms with van der Waals surface area (Å²) in [6.45, 7) is 11.2. The summed E-state index contributed by atoms with van der Waals surface area (Å²) < 4.78 is 5.86. The average Bonchev–Trinajstić information content (AvgIpc) is 3.10. The van der Waals surface area contributed by atoms with Crippen LogP contribution in [0.2, 0.25) is 0 Å². The minimum atomic E-state index is -0.865. The van der Waals surface area contributed by atoms with Crippen LogP contribution < -0.4 is 0 Å². The van der Waals surface area contributed by atoms with E-state index in [1.54, 1.807) is 0 Å². The van der Waals surface area contributed by atoms with Crippen molar-refractivity contribution in [3.05, 3.63) is 0 Å². The number of rotatable bonds is 6. The molecule has 4 rings (SSSR count). The fourth-order valence-electron chi connectivity index (χ4n) is 9.21. The van der Waals surface area contributed by atoms with Gasteiger partial charge in [-0.3, -0.25) is 4.79 Å². The van der Waals surface area contributed by atoms with Crippen LogP contribution in [-0.4, -0.2) is 57.4 Å². The standard InChI is InChI=1S/C28H48O6/c1-6-7-15(2)24(31)25(32)16(3)18-8-9-19-17-14-34-26(33)21-12-22(29)23(30)13-28(21,5)20(17)10-11-27(18,19)4/h15-25,29-32H,6-14H2,1-5H3/t15-,16-,17?,18+,19?,20?,21?,22-,23+,24+,25+,27+,28+/m0/s1. The molecule has 34 heavy (non-hydrogen) atoms. The summed E-state index contributed by atoms with van der Waals surface area (Å²) in [5.41, 5.74) is -0.335. The van der Waals surface area contributed by atoms with Gasteiger partial charge < -0.3 is 25.2 Å². The normalized spacial score (nSPS) is 47.9. The molecule has 1 saturated heterocycles. The van der Waals surface area contributed by atoms with Gasteiger partial charge in [0.15, 0.2) is 0 Å². The highest BCUT2D eigenvalue weighted by atomic mass is 16.5. The number of fused-ring (bicyclic) bond motifs is 5. The van der Waals surface area contributed by atoms with Gasteiger partial charge in [0.25, 0.3) is 0 Å². The third-order valence-corrected chi connectivity index (χ3v) is 11.3. The van der Waals surface area contributed by atoms with Crippen molar-refractivity contribution in [1.29, 1.82) is 0 Å². The zero-order valence-electron chi connectivity index (χ0n) is 21.8. The maximum atomic E-state index is 13.0. The monoisotopic (exact) mass is 480 g/mol. The first-order valence-corrected chi connectivity index (χ1v) is 13.8. The second kappa shape index (κ2) is 9.64. The lowest BCUT2D eigenvalue weighted by Crippen LogP contribution is -2.55. The van der Waals surface area contributed by atoms with E-state index in [9.17, 15) is 25.2 Å². The van der Waals surface area contributed by atoms with E-state index in [2.05, 4.69) is 27.7 Å². The molecule has 0 spiro atoms. The Labute approximate surface area is 205 Å². The lowest BCUT2D eigenvalue weighted by Gasteiger charge is -2.56. The molecule has 0 aromatic rings. The number of carbonyl (C=O) groups excluding carboxylic acids is 1. The molecule has 13 atom stereocenters. The van der Waals surface area contributed by atoms with E-state index >= 15 is 0 Å². The number of esters is 1. The molecule has 4 N–H and O–H groups in total. The molecule has 4 fully saturated rings. The SMILES string of the molecule is CCC[C@H](C)[C@@H](O)[C@H](O)[C@@H](C)[C@H]1CCC2C3COC(=O)C4C[C@H](O)[C@H](O)C[C@]4(C)C3CC[C@@]21C. The van der Waals surface area contributed by atoms with E-state index in [1.165, 1.54) is 0 Å². The second-order valence-electron chi connectivity index (χ2n) is 13.0. The molecular formula is C28H48O6. The van der Waals surface area contributed by atoms with E-state index in [4.69, 9.17) is 4.74 Å². The lowest BCUT2D eigenvalue weighted by molar-refractivity contribution is -0.162. The zero-order chi connectivity index (χ0) is 25.0. The fourth-order valence-corrected chi connectivity index (χ4v) is 9.21. The molecular weight excluding hydrogens is 432 g/mol. The van der Waals surface area contributed by atoms with Crippen molar-refractivity contribution in [2.75, 3.05) is 6.61 Å². The van der Waals surface area contributed by atoms with Crippen molar-refractivity contribution in [2.45, 2.75) is 110 Å². The van der Waals surface area contributed by atoms with Gasteiger partial charge in [-0.1, -0.05) is 41.0 Å². The van der Waals surface area contributed by atoms with Gasteiger partial charge in [0.2, 0.25) is 0 Å². The summed E-state index contributed by atoms with van der Waals surface area (Å²) in [5.74, 6) is 0.728.